The third-order valence-corrected chi connectivity index (χ3v) is 7.71. The van der Waals surface area contributed by atoms with Crippen molar-refractivity contribution < 1.29 is 36.3 Å². The zero-order valence-electron chi connectivity index (χ0n) is 21.5. The summed E-state index contributed by atoms with van der Waals surface area (Å²) in [6, 6.07) is 13.0. The number of carbonyl (C=O) groups is 2. The van der Waals surface area contributed by atoms with E-state index in [1.807, 2.05) is 17.9 Å². The number of benzene rings is 2. The first-order chi connectivity index (χ1) is 18.8. The second-order valence-corrected chi connectivity index (χ2v) is 11.2. The van der Waals surface area contributed by atoms with E-state index in [2.05, 4.69) is 4.98 Å². The average molecular weight is 577 g/mol. The van der Waals surface area contributed by atoms with Gasteiger partial charge in [-0.05, 0) is 60.5 Å². The second kappa shape index (κ2) is 11.5. The van der Waals surface area contributed by atoms with Crippen molar-refractivity contribution in [3.05, 3.63) is 77.6 Å². The monoisotopic (exact) mass is 576 g/mol. The van der Waals surface area contributed by atoms with E-state index in [9.17, 15) is 36.3 Å². The number of hydrogen-bond acceptors (Lipinski definition) is 7. The molecule has 0 aliphatic carbocycles. The summed E-state index contributed by atoms with van der Waals surface area (Å²) in [5.74, 6) is -2.30. The number of nitrogens with zero attached hydrogens (tertiary/aromatic N) is 3. The zero-order valence-corrected chi connectivity index (χ0v) is 22.3. The average Bonchev–Trinajstić information content (AvgIpc) is 2.91. The Balaban J connectivity index is 1.33. The van der Waals surface area contributed by atoms with E-state index in [4.69, 9.17) is 0 Å². The number of aromatic hydroxyl groups is 1. The molecular formula is C27H27F3N4O5S. The van der Waals surface area contributed by atoms with Crippen molar-refractivity contribution in [3.8, 4) is 16.9 Å². The van der Waals surface area contributed by atoms with Crippen molar-refractivity contribution in [2.75, 3.05) is 36.8 Å². The minimum Gasteiger partial charge on any atom is -0.506 e. The molecule has 2 N–H and O–H groups in total. The highest BCUT2D eigenvalue weighted by Gasteiger charge is 2.30. The Hall–Kier alpha value is -4.13. The molecule has 3 aromatic rings. The van der Waals surface area contributed by atoms with Crippen LogP contribution in [-0.4, -0.2) is 73.3 Å². The molecule has 0 spiro atoms. The summed E-state index contributed by atoms with van der Waals surface area (Å²) in [5, 5.41) is 9.70. The van der Waals surface area contributed by atoms with Crippen molar-refractivity contribution >= 4 is 27.5 Å². The Morgan fingerprint density at radius 3 is 2.23 bits per heavy atom. The minimum atomic E-state index is -4.65. The molecule has 0 bridgehead atoms. The standard InChI is InChI=1S/C27H27F3N4O5S/c1-18-14-20(4-7-24(18)21-15-23(35)17-31-16-21)26(37)34-11-9-33(10-12-34)22-5-2-19(3-6-22)25(36)32-40(38,39)13-8-27(28,29)30/h2-7,14-17,35H,8-13H2,1H3,(H,32,36). The predicted molar refractivity (Wildman–Crippen MR) is 143 cm³/mol. The second-order valence-electron chi connectivity index (χ2n) is 9.40. The Kier molecular flexibility index (Phi) is 8.33. The number of anilines is 1. The van der Waals surface area contributed by atoms with Crippen molar-refractivity contribution in [2.24, 2.45) is 0 Å². The van der Waals surface area contributed by atoms with Gasteiger partial charge in [-0.1, -0.05) is 6.07 Å². The molecule has 2 heterocycles. The molecule has 1 aliphatic rings. The zero-order chi connectivity index (χ0) is 29.1. The topological polar surface area (TPSA) is 120 Å². The smallest absolute Gasteiger partial charge is 0.390 e. The number of aromatic nitrogens is 1. The maximum Gasteiger partial charge on any atom is 0.390 e. The number of amides is 2. The van der Waals surface area contributed by atoms with Crippen LogP contribution in [0, 0.1) is 6.92 Å². The van der Waals surface area contributed by atoms with Gasteiger partial charge in [0.1, 0.15) is 5.75 Å². The first kappa shape index (κ1) is 28.9. The first-order valence-corrected chi connectivity index (χ1v) is 14.0. The van der Waals surface area contributed by atoms with Crippen LogP contribution in [0.3, 0.4) is 0 Å². The van der Waals surface area contributed by atoms with Crippen molar-refractivity contribution in [3.63, 3.8) is 0 Å². The fraction of sp³-hybridized carbons (Fsp3) is 0.296. The van der Waals surface area contributed by atoms with E-state index in [1.165, 1.54) is 18.3 Å². The van der Waals surface area contributed by atoms with Crippen LogP contribution in [0.5, 0.6) is 5.75 Å². The first-order valence-electron chi connectivity index (χ1n) is 12.3. The number of aryl methyl sites for hydroxylation is 1. The van der Waals surface area contributed by atoms with Gasteiger partial charge in [-0.25, -0.2) is 13.1 Å². The van der Waals surface area contributed by atoms with Crippen LogP contribution < -0.4 is 9.62 Å². The minimum absolute atomic E-state index is 0.00606. The Morgan fingerprint density at radius 2 is 1.62 bits per heavy atom. The Bertz CT molecular complexity index is 1500. The van der Waals surface area contributed by atoms with Gasteiger partial charge in [-0.3, -0.25) is 14.6 Å². The number of alkyl halides is 3. The Labute approximate surface area is 229 Å². The van der Waals surface area contributed by atoms with E-state index in [0.717, 1.165) is 22.4 Å². The van der Waals surface area contributed by atoms with Crippen LogP contribution in [0.15, 0.2) is 60.9 Å². The van der Waals surface area contributed by atoms with Crippen LogP contribution in [0.1, 0.15) is 32.7 Å². The lowest BCUT2D eigenvalue weighted by Crippen LogP contribution is -2.48. The van der Waals surface area contributed by atoms with Gasteiger partial charge in [-0.15, -0.1) is 0 Å². The molecule has 2 amide bonds. The number of nitrogens with one attached hydrogen (secondary N) is 1. The summed E-state index contributed by atoms with van der Waals surface area (Å²) < 4.78 is 62.2. The maximum atomic E-state index is 13.1. The molecule has 0 atom stereocenters. The predicted octanol–water partition coefficient (Wildman–Crippen LogP) is 3.74. The van der Waals surface area contributed by atoms with E-state index in [0.29, 0.717) is 31.7 Å². The number of sulfonamides is 1. The quantitative estimate of drug-likeness (QED) is 0.440. The molecule has 1 aliphatic heterocycles. The van der Waals surface area contributed by atoms with Gasteiger partial charge in [0.2, 0.25) is 10.0 Å². The van der Waals surface area contributed by atoms with Gasteiger partial charge in [0, 0.05) is 54.8 Å². The van der Waals surface area contributed by atoms with Crippen LogP contribution in [-0.2, 0) is 10.0 Å². The van der Waals surface area contributed by atoms with E-state index < -0.39 is 34.3 Å². The molecule has 212 valence electrons. The highest BCUT2D eigenvalue weighted by atomic mass is 32.2. The molecule has 40 heavy (non-hydrogen) atoms. The van der Waals surface area contributed by atoms with E-state index in [-0.39, 0.29) is 17.2 Å². The molecule has 4 rings (SSSR count). The molecule has 0 saturated carbocycles. The van der Waals surface area contributed by atoms with Crippen LogP contribution >= 0.6 is 0 Å². The van der Waals surface area contributed by atoms with E-state index >= 15 is 0 Å². The molecule has 1 fully saturated rings. The van der Waals surface area contributed by atoms with Gasteiger partial charge in [0.15, 0.2) is 0 Å². The number of rotatable bonds is 7. The molecule has 13 heteroatoms. The summed E-state index contributed by atoms with van der Waals surface area (Å²) in [5.41, 5.74) is 3.77. The number of halogens is 3. The summed E-state index contributed by atoms with van der Waals surface area (Å²) >= 11 is 0. The largest absolute Gasteiger partial charge is 0.506 e. The molecule has 1 aromatic heterocycles. The number of hydrogen-bond donors (Lipinski definition) is 2. The number of pyridine rings is 1. The summed E-state index contributed by atoms with van der Waals surface area (Å²) in [7, 11) is -4.43. The maximum absolute atomic E-state index is 13.1. The van der Waals surface area contributed by atoms with Gasteiger partial charge in [-0.2, -0.15) is 13.2 Å². The molecule has 9 nitrogen and oxygen atoms in total. The van der Waals surface area contributed by atoms with Crippen molar-refractivity contribution in [1.82, 2.24) is 14.6 Å². The molecule has 0 radical (unpaired) electrons. The normalized spacial score (nSPS) is 14.2. The summed E-state index contributed by atoms with van der Waals surface area (Å²) in [4.78, 5) is 33.1. The lowest BCUT2D eigenvalue weighted by Gasteiger charge is -2.36. The summed E-state index contributed by atoms with van der Waals surface area (Å²) in [6.07, 6.45) is -3.21. The number of piperazine rings is 1. The van der Waals surface area contributed by atoms with E-state index in [1.54, 1.807) is 46.2 Å². The lowest BCUT2D eigenvalue weighted by molar-refractivity contribution is -0.130. The SMILES string of the molecule is Cc1cc(C(=O)N2CCN(c3ccc(C(=O)NS(=O)(=O)CCC(F)(F)F)cc3)CC2)ccc1-c1cncc(O)c1. The highest BCUT2D eigenvalue weighted by Crippen LogP contribution is 2.27. The van der Waals surface area contributed by atoms with Gasteiger partial charge in [0.25, 0.3) is 11.8 Å². The molecule has 1 saturated heterocycles. The molecular weight excluding hydrogens is 549 g/mol. The van der Waals surface area contributed by atoms with Gasteiger partial charge >= 0.3 is 6.18 Å². The third-order valence-electron chi connectivity index (χ3n) is 6.47. The Morgan fingerprint density at radius 1 is 0.975 bits per heavy atom. The van der Waals surface area contributed by atoms with Crippen molar-refractivity contribution in [1.29, 1.82) is 0 Å². The van der Waals surface area contributed by atoms with Gasteiger partial charge in [0.05, 0.1) is 18.4 Å². The molecule has 2 aromatic carbocycles. The highest BCUT2D eigenvalue weighted by molar-refractivity contribution is 7.90. The lowest BCUT2D eigenvalue weighted by atomic mass is 9.99. The fourth-order valence-corrected chi connectivity index (χ4v) is 5.37. The molecule has 0 unspecified atom stereocenters. The third kappa shape index (κ3) is 7.29. The van der Waals surface area contributed by atoms with Gasteiger partial charge < -0.3 is 14.9 Å². The fourth-order valence-electron chi connectivity index (χ4n) is 4.37. The van der Waals surface area contributed by atoms with Crippen LogP contribution in [0.2, 0.25) is 0 Å². The number of carbonyl (C=O) groups excluding carboxylic acids is 2. The van der Waals surface area contributed by atoms with Crippen LogP contribution in [0.4, 0.5) is 18.9 Å². The van der Waals surface area contributed by atoms with Crippen molar-refractivity contribution in [2.45, 2.75) is 19.5 Å². The summed E-state index contributed by atoms with van der Waals surface area (Å²) in [6.45, 7) is 3.84. The van der Waals surface area contributed by atoms with Crippen LogP contribution in [0.25, 0.3) is 11.1 Å².